The molecule has 2 aromatic heterocycles. The summed E-state index contributed by atoms with van der Waals surface area (Å²) >= 11 is 0. The van der Waals surface area contributed by atoms with E-state index in [4.69, 9.17) is 0 Å². The number of rotatable bonds is 6. The normalized spacial score (nSPS) is 11.3. The van der Waals surface area contributed by atoms with Crippen LogP contribution in [0.25, 0.3) is 17.0 Å². The molecule has 154 valence electrons. The molecule has 0 unspecified atom stereocenters. The smallest absolute Gasteiger partial charge is 0.268 e. The first-order chi connectivity index (χ1) is 15.1. The number of nitrogens with zero attached hydrogens (tertiary/aromatic N) is 2. The fourth-order valence-electron chi connectivity index (χ4n) is 3.35. The summed E-state index contributed by atoms with van der Waals surface area (Å²) in [5, 5.41) is 6.61. The first kappa shape index (κ1) is 20.1. The molecule has 6 heteroatoms. The molecule has 31 heavy (non-hydrogen) atoms. The monoisotopic (exact) mass is 410 g/mol. The van der Waals surface area contributed by atoms with Crippen LogP contribution in [-0.4, -0.2) is 21.4 Å². The highest BCUT2D eigenvalue weighted by molar-refractivity contribution is 6.06. The predicted octanol–water partition coefficient (Wildman–Crippen LogP) is 3.66. The van der Waals surface area contributed by atoms with Crippen LogP contribution < -0.4 is 10.6 Å². The van der Waals surface area contributed by atoms with E-state index in [0.29, 0.717) is 5.56 Å². The maximum atomic E-state index is 13.0. The first-order valence-corrected chi connectivity index (χ1v) is 9.92. The highest BCUT2D eigenvalue weighted by Gasteiger charge is 2.16. The van der Waals surface area contributed by atoms with Crippen molar-refractivity contribution < 1.29 is 9.59 Å². The molecule has 2 heterocycles. The van der Waals surface area contributed by atoms with E-state index in [9.17, 15) is 9.59 Å². The van der Waals surface area contributed by atoms with Gasteiger partial charge in [0.05, 0.1) is 12.2 Å². The zero-order valence-electron chi connectivity index (χ0n) is 17.1. The van der Waals surface area contributed by atoms with Crippen LogP contribution in [0.2, 0.25) is 0 Å². The van der Waals surface area contributed by atoms with E-state index in [2.05, 4.69) is 15.6 Å². The minimum Gasteiger partial charge on any atom is -0.350 e. The number of fused-ring (bicyclic) bond motifs is 1. The molecule has 4 aromatic rings. The average Bonchev–Trinajstić information content (AvgIpc) is 3.13. The number of nitrogens with one attached hydrogen (secondary N) is 2. The Hall–Kier alpha value is -4.19. The molecule has 0 atom stereocenters. The summed E-state index contributed by atoms with van der Waals surface area (Å²) in [5.41, 5.74) is 3.26. The van der Waals surface area contributed by atoms with Crippen molar-refractivity contribution in [2.75, 3.05) is 0 Å². The van der Waals surface area contributed by atoms with Gasteiger partial charge in [-0.2, -0.15) is 0 Å². The molecule has 0 radical (unpaired) electrons. The molecule has 2 aromatic carbocycles. The van der Waals surface area contributed by atoms with Gasteiger partial charge in [-0.15, -0.1) is 0 Å². The molecule has 0 fully saturated rings. The van der Waals surface area contributed by atoms with Crippen LogP contribution in [0.15, 0.2) is 90.9 Å². The predicted molar refractivity (Wildman–Crippen MR) is 121 cm³/mol. The lowest BCUT2D eigenvalue weighted by Crippen LogP contribution is -2.34. The molecule has 6 nitrogen and oxygen atoms in total. The number of aromatic nitrogens is 2. The minimum absolute atomic E-state index is 0.168. The largest absolute Gasteiger partial charge is 0.350 e. The van der Waals surface area contributed by atoms with Gasteiger partial charge >= 0.3 is 0 Å². The Kier molecular flexibility index (Phi) is 5.89. The summed E-state index contributed by atoms with van der Waals surface area (Å²) in [6.07, 6.45) is 5.31. The quantitative estimate of drug-likeness (QED) is 0.476. The number of hydrogen-bond acceptors (Lipinski definition) is 3. The van der Waals surface area contributed by atoms with Crippen molar-refractivity contribution in [3.63, 3.8) is 0 Å². The van der Waals surface area contributed by atoms with Crippen molar-refractivity contribution in [1.82, 2.24) is 20.2 Å². The number of aryl methyl sites for hydroxylation is 1. The topological polar surface area (TPSA) is 76.0 Å². The van der Waals surface area contributed by atoms with Gasteiger partial charge in [-0.05, 0) is 36.4 Å². The summed E-state index contributed by atoms with van der Waals surface area (Å²) in [6.45, 7) is 0.258. The molecule has 0 spiro atoms. The third-order valence-electron chi connectivity index (χ3n) is 4.91. The van der Waals surface area contributed by atoms with E-state index in [0.717, 1.165) is 22.2 Å². The second-order valence-corrected chi connectivity index (χ2v) is 7.09. The lowest BCUT2D eigenvalue weighted by atomic mass is 10.1. The molecular formula is C25H22N4O2. The average molecular weight is 410 g/mol. The summed E-state index contributed by atoms with van der Waals surface area (Å²) < 4.78 is 1.99. The second kappa shape index (κ2) is 9.09. The number of carbonyl (C=O) groups is 2. The van der Waals surface area contributed by atoms with Crippen LogP contribution in [0, 0.1) is 0 Å². The molecule has 0 aliphatic rings. The van der Waals surface area contributed by atoms with Crippen molar-refractivity contribution in [2.24, 2.45) is 7.05 Å². The van der Waals surface area contributed by atoms with Gasteiger partial charge in [-0.3, -0.25) is 14.6 Å². The zero-order valence-corrected chi connectivity index (χ0v) is 17.1. The van der Waals surface area contributed by atoms with Gasteiger partial charge in [0.25, 0.3) is 11.8 Å². The Morgan fingerprint density at radius 3 is 2.48 bits per heavy atom. The molecule has 0 saturated carbocycles. The number of carbonyl (C=O) groups excluding carboxylic acids is 2. The molecule has 0 aliphatic heterocycles. The standard InChI is InChI=1S/C25H22N4O2/c1-29-17-19(21-12-5-6-13-23(21)29)15-22(28-24(30)18-9-3-2-4-10-18)25(31)27-16-20-11-7-8-14-26-20/h2-15,17H,16H2,1H3,(H,27,31)(H,28,30)/b22-15-. The van der Waals surface area contributed by atoms with E-state index < -0.39 is 0 Å². The molecule has 0 aliphatic carbocycles. The lowest BCUT2D eigenvalue weighted by Gasteiger charge is -2.11. The minimum atomic E-state index is -0.386. The molecule has 4 rings (SSSR count). The third-order valence-corrected chi connectivity index (χ3v) is 4.91. The van der Waals surface area contributed by atoms with E-state index in [1.54, 1.807) is 36.5 Å². The first-order valence-electron chi connectivity index (χ1n) is 9.92. The number of benzene rings is 2. The van der Waals surface area contributed by atoms with E-state index in [-0.39, 0.29) is 24.1 Å². The van der Waals surface area contributed by atoms with Gasteiger partial charge in [-0.25, -0.2) is 0 Å². The van der Waals surface area contributed by atoms with Crippen LogP contribution >= 0.6 is 0 Å². The van der Waals surface area contributed by atoms with Crippen LogP contribution in [0.3, 0.4) is 0 Å². The Bertz CT molecular complexity index is 1240. The van der Waals surface area contributed by atoms with Gasteiger partial charge in [0.15, 0.2) is 0 Å². The lowest BCUT2D eigenvalue weighted by molar-refractivity contribution is -0.117. The molecular weight excluding hydrogens is 388 g/mol. The molecule has 2 N–H and O–H groups in total. The highest BCUT2D eigenvalue weighted by atomic mass is 16.2. The molecule has 2 amide bonds. The van der Waals surface area contributed by atoms with Crippen molar-refractivity contribution in [2.45, 2.75) is 6.54 Å². The van der Waals surface area contributed by atoms with Crippen molar-refractivity contribution >= 4 is 28.8 Å². The fraction of sp³-hybridized carbons (Fsp3) is 0.0800. The van der Waals surface area contributed by atoms with Crippen LogP contribution in [0.5, 0.6) is 0 Å². The Morgan fingerprint density at radius 1 is 0.968 bits per heavy atom. The maximum Gasteiger partial charge on any atom is 0.268 e. The van der Waals surface area contributed by atoms with Gasteiger partial charge < -0.3 is 15.2 Å². The summed E-state index contributed by atoms with van der Waals surface area (Å²) in [7, 11) is 1.95. The Labute approximate surface area is 180 Å². The molecule has 0 saturated heterocycles. The van der Waals surface area contributed by atoms with Crippen LogP contribution in [0.4, 0.5) is 0 Å². The summed E-state index contributed by atoms with van der Waals surface area (Å²) in [5.74, 6) is -0.733. The summed E-state index contributed by atoms with van der Waals surface area (Å²) in [6, 6.07) is 22.2. The van der Waals surface area contributed by atoms with E-state index >= 15 is 0 Å². The molecule has 0 bridgehead atoms. The third kappa shape index (κ3) is 4.70. The van der Waals surface area contributed by atoms with Gasteiger partial charge in [0, 0.05) is 41.5 Å². The van der Waals surface area contributed by atoms with Crippen molar-refractivity contribution in [3.05, 3.63) is 108 Å². The SMILES string of the molecule is Cn1cc(/C=C(\NC(=O)c2ccccc2)C(=O)NCc2ccccn2)c2ccccc21. The van der Waals surface area contributed by atoms with Crippen molar-refractivity contribution in [1.29, 1.82) is 0 Å². The van der Waals surface area contributed by atoms with Crippen LogP contribution in [0.1, 0.15) is 21.6 Å². The van der Waals surface area contributed by atoms with Crippen molar-refractivity contribution in [3.8, 4) is 0 Å². The Balaban J connectivity index is 1.65. The van der Waals surface area contributed by atoms with Crippen LogP contribution in [-0.2, 0) is 18.4 Å². The number of hydrogen-bond donors (Lipinski definition) is 2. The van der Waals surface area contributed by atoms with Gasteiger partial charge in [0.1, 0.15) is 5.70 Å². The summed E-state index contributed by atoms with van der Waals surface area (Å²) in [4.78, 5) is 30.0. The number of para-hydroxylation sites is 1. The fourth-order valence-corrected chi connectivity index (χ4v) is 3.35. The van der Waals surface area contributed by atoms with Gasteiger partial charge in [-0.1, -0.05) is 42.5 Å². The Morgan fingerprint density at radius 2 is 1.71 bits per heavy atom. The zero-order chi connectivity index (χ0) is 21.6. The van der Waals surface area contributed by atoms with Gasteiger partial charge in [0.2, 0.25) is 0 Å². The van der Waals surface area contributed by atoms with E-state index in [1.165, 1.54) is 0 Å². The number of pyridine rings is 1. The highest BCUT2D eigenvalue weighted by Crippen LogP contribution is 2.22. The van der Waals surface area contributed by atoms with E-state index in [1.807, 2.05) is 66.3 Å². The second-order valence-electron chi connectivity index (χ2n) is 7.09. The number of amides is 2. The maximum absolute atomic E-state index is 13.0.